The van der Waals surface area contributed by atoms with Crippen LogP contribution < -0.4 is 5.32 Å². The molecule has 2 rings (SSSR count). The van der Waals surface area contributed by atoms with Crippen molar-refractivity contribution in [3.8, 4) is 0 Å². The Morgan fingerprint density at radius 1 is 1.29 bits per heavy atom. The van der Waals surface area contributed by atoms with Gasteiger partial charge in [0, 0.05) is 25.2 Å². The molecular formula is C19H24N4O. The van der Waals surface area contributed by atoms with Gasteiger partial charge in [-0.3, -0.25) is 4.79 Å². The summed E-state index contributed by atoms with van der Waals surface area (Å²) in [5, 5.41) is 3.11. The number of hydrogen-bond donors (Lipinski definition) is 1. The summed E-state index contributed by atoms with van der Waals surface area (Å²) in [4.78, 5) is 23.4. The van der Waals surface area contributed by atoms with E-state index in [2.05, 4.69) is 21.9 Å². The lowest BCUT2D eigenvalue weighted by Gasteiger charge is -2.26. The maximum Gasteiger partial charge on any atom is 0.273 e. The van der Waals surface area contributed by atoms with Crippen LogP contribution in [-0.2, 0) is 6.54 Å². The minimum absolute atomic E-state index is 0.0672. The van der Waals surface area contributed by atoms with Crippen LogP contribution in [0.2, 0.25) is 0 Å². The summed E-state index contributed by atoms with van der Waals surface area (Å²) in [6.45, 7) is 10.6. The van der Waals surface area contributed by atoms with Crippen LogP contribution in [0.3, 0.4) is 0 Å². The Morgan fingerprint density at radius 2 is 2.00 bits per heavy atom. The van der Waals surface area contributed by atoms with Crippen molar-refractivity contribution in [1.82, 2.24) is 14.9 Å². The van der Waals surface area contributed by atoms with Gasteiger partial charge < -0.3 is 10.2 Å². The fraction of sp³-hybridized carbons (Fsp3) is 0.316. The second kappa shape index (κ2) is 8.24. The molecule has 0 atom stereocenters. The molecule has 126 valence electrons. The zero-order valence-corrected chi connectivity index (χ0v) is 14.5. The van der Waals surface area contributed by atoms with Crippen LogP contribution in [0.1, 0.15) is 35.7 Å². The number of rotatable bonds is 7. The first kappa shape index (κ1) is 17.7. The molecule has 1 aromatic carbocycles. The third-order valence-corrected chi connectivity index (χ3v) is 3.56. The molecule has 24 heavy (non-hydrogen) atoms. The molecule has 1 aromatic heterocycles. The molecule has 0 aliphatic heterocycles. The van der Waals surface area contributed by atoms with E-state index in [1.165, 1.54) is 0 Å². The Labute approximate surface area is 143 Å². The van der Waals surface area contributed by atoms with Crippen LogP contribution in [0.15, 0.2) is 49.1 Å². The van der Waals surface area contributed by atoms with Crippen LogP contribution in [0, 0.1) is 6.92 Å². The summed E-state index contributed by atoms with van der Waals surface area (Å²) in [5.74, 6) is 1.10. The number of nitrogens with one attached hydrogen (secondary N) is 1. The fourth-order valence-corrected chi connectivity index (χ4v) is 2.36. The highest BCUT2D eigenvalue weighted by Gasteiger charge is 2.21. The summed E-state index contributed by atoms with van der Waals surface area (Å²) in [6.07, 6.45) is 1.74. The molecule has 0 fully saturated rings. The standard InChI is InChI=1S/C19H24N4O/c1-5-11-20-18-12-17(21-15(4)22-18)19(24)23(14(2)3)13-16-9-7-6-8-10-16/h5-10,12,14H,1,11,13H2,2-4H3,(H,20,21,22). The molecule has 0 saturated carbocycles. The Hall–Kier alpha value is -2.69. The minimum Gasteiger partial charge on any atom is -0.366 e. The number of hydrogen-bond acceptors (Lipinski definition) is 4. The van der Waals surface area contributed by atoms with Gasteiger partial charge >= 0.3 is 0 Å². The van der Waals surface area contributed by atoms with E-state index in [1.54, 1.807) is 19.1 Å². The number of benzene rings is 1. The van der Waals surface area contributed by atoms with E-state index in [1.807, 2.05) is 49.1 Å². The van der Waals surface area contributed by atoms with Gasteiger partial charge in [0.1, 0.15) is 17.3 Å². The van der Waals surface area contributed by atoms with E-state index in [0.717, 1.165) is 5.56 Å². The van der Waals surface area contributed by atoms with Gasteiger partial charge in [0.05, 0.1) is 0 Å². The normalized spacial score (nSPS) is 10.5. The molecule has 0 radical (unpaired) electrons. The third kappa shape index (κ3) is 4.65. The Morgan fingerprint density at radius 3 is 2.62 bits per heavy atom. The SMILES string of the molecule is C=CCNc1cc(C(=O)N(Cc2ccccc2)C(C)C)nc(C)n1. The molecule has 5 nitrogen and oxygen atoms in total. The van der Waals surface area contributed by atoms with Crippen LogP contribution >= 0.6 is 0 Å². The van der Waals surface area contributed by atoms with Crippen molar-refractivity contribution >= 4 is 11.7 Å². The molecule has 0 spiro atoms. The average Bonchev–Trinajstić information content (AvgIpc) is 2.57. The highest BCUT2D eigenvalue weighted by molar-refractivity contribution is 5.93. The maximum absolute atomic E-state index is 13.0. The number of nitrogens with zero attached hydrogens (tertiary/aromatic N) is 3. The van der Waals surface area contributed by atoms with E-state index in [4.69, 9.17) is 0 Å². The first-order valence-corrected chi connectivity index (χ1v) is 8.06. The third-order valence-electron chi connectivity index (χ3n) is 3.56. The summed E-state index contributed by atoms with van der Waals surface area (Å²) in [5.41, 5.74) is 1.49. The predicted octanol–water partition coefficient (Wildman–Crippen LogP) is 3.43. The second-order valence-electron chi connectivity index (χ2n) is 5.87. The summed E-state index contributed by atoms with van der Waals surface area (Å²) in [6, 6.07) is 11.7. The first-order valence-electron chi connectivity index (χ1n) is 8.06. The second-order valence-corrected chi connectivity index (χ2v) is 5.87. The number of anilines is 1. The number of aryl methyl sites for hydroxylation is 1. The van der Waals surface area contributed by atoms with Crippen LogP contribution in [0.5, 0.6) is 0 Å². The van der Waals surface area contributed by atoms with Crippen LogP contribution in [0.4, 0.5) is 5.82 Å². The highest BCUT2D eigenvalue weighted by atomic mass is 16.2. The Kier molecular flexibility index (Phi) is 6.07. The zero-order chi connectivity index (χ0) is 17.5. The molecule has 0 aliphatic rings. The van der Waals surface area contributed by atoms with Gasteiger partial charge in [-0.2, -0.15) is 0 Å². The molecule has 0 aliphatic carbocycles. The molecule has 1 amide bonds. The van der Waals surface area contributed by atoms with Crippen LogP contribution in [-0.4, -0.2) is 33.4 Å². The van der Waals surface area contributed by atoms with Gasteiger partial charge in [0.25, 0.3) is 5.91 Å². The maximum atomic E-state index is 13.0. The van der Waals surface area contributed by atoms with E-state index in [9.17, 15) is 4.79 Å². The molecule has 2 aromatic rings. The summed E-state index contributed by atoms with van der Waals surface area (Å²) >= 11 is 0. The molecule has 1 N–H and O–H groups in total. The van der Waals surface area contributed by atoms with E-state index in [-0.39, 0.29) is 11.9 Å². The van der Waals surface area contributed by atoms with Gasteiger partial charge in [-0.15, -0.1) is 6.58 Å². The molecule has 0 saturated heterocycles. The number of amides is 1. The molecule has 1 heterocycles. The zero-order valence-electron chi connectivity index (χ0n) is 14.5. The number of carbonyl (C=O) groups is 1. The van der Waals surface area contributed by atoms with Crippen molar-refractivity contribution in [2.45, 2.75) is 33.4 Å². The fourth-order valence-electron chi connectivity index (χ4n) is 2.36. The van der Waals surface area contributed by atoms with Crippen molar-refractivity contribution in [2.75, 3.05) is 11.9 Å². The van der Waals surface area contributed by atoms with Gasteiger partial charge in [0.2, 0.25) is 0 Å². The van der Waals surface area contributed by atoms with E-state index in [0.29, 0.717) is 30.4 Å². The van der Waals surface area contributed by atoms with Crippen molar-refractivity contribution in [3.05, 3.63) is 66.1 Å². The summed E-state index contributed by atoms with van der Waals surface area (Å²) < 4.78 is 0. The topological polar surface area (TPSA) is 58.1 Å². The number of carbonyl (C=O) groups excluding carboxylic acids is 1. The minimum atomic E-state index is -0.0963. The lowest BCUT2D eigenvalue weighted by atomic mass is 10.1. The van der Waals surface area contributed by atoms with Gasteiger partial charge in [0.15, 0.2) is 0 Å². The molecule has 0 bridgehead atoms. The van der Waals surface area contributed by atoms with Crippen molar-refractivity contribution in [1.29, 1.82) is 0 Å². The largest absolute Gasteiger partial charge is 0.366 e. The van der Waals surface area contributed by atoms with Crippen molar-refractivity contribution in [2.24, 2.45) is 0 Å². The first-order chi connectivity index (χ1) is 11.5. The van der Waals surface area contributed by atoms with Gasteiger partial charge in [-0.05, 0) is 26.3 Å². The van der Waals surface area contributed by atoms with Crippen LogP contribution in [0.25, 0.3) is 0 Å². The Bertz CT molecular complexity index is 698. The molecule has 5 heteroatoms. The monoisotopic (exact) mass is 324 g/mol. The van der Waals surface area contributed by atoms with Crippen molar-refractivity contribution in [3.63, 3.8) is 0 Å². The van der Waals surface area contributed by atoms with E-state index < -0.39 is 0 Å². The highest BCUT2D eigenvalue weighted by Crippen LogP contribution is 2.14. The lowest BCUT2D eigenvalue weighted by molar-refractivity contribution is 0.0684. The number of aromatic nitrogens is 2. The quantitative estimate of drug-likeness (QED) is 0.793. The Balaban J connectivity index is 2.26. The smallest absolute Gasteiger partial charge is 0.273 e. The lowest BCUT2D eigenvalue weighted by Crippen LogP contribution is -2.37. The summed E-state index contributed by atoms with van der Waals surface area (Å²) in [7, 11) is 0. The van der Waals surface area contributed by atoms with Gasteiger partial charge in [-0.25, -0.2) is 9.97 Å². The molecule has 0 unspecified atom stereocenters. The van der Waals surface area contributed by atoms with Crippen molar-refractivity contribution < 1.29 is 4.79 Å². The predicted molar refractivity (Wildman–Crippen MR) is 96.9 cm³/mol. The average molecular weight is 324 g/mol. The molecular weight excluding hydrogens is 300 g/mol. The van der Waals surface area contributed by atoms with Gasteiger partial charge in [-0.1, -0.05) is 36.4 Å². The van der Waals surface area contributed by atoms with E-state index >= 15 is 0 Å².